The van der Waals surface area contributed by atoms with Gasteiger partial charge in [0.25, 0.3) is 7.37 Å². The summed E-state index contributed by atoms with van der Waals surface area (Å²) in [4.78, 5) is 0. The van der Waals surface area contributed by atoms with E-state index in [2.05, 4.69) is 4.67 Å². The lowest BCUT2D eigenvalue weighted by Crippen LogP contribution is -2.03. The summed E-state index contributed by atoms with van der Waals surface area (Å²) in [5.74, 6) is 0. The van der Waals surface area contributed by atoms with Crippen LogP contribution in [0.2, 0.25) is 0 Å². The van der Waals surface area contributed by atoms with Gasteiger partial charge in [-0.2, -0.15) is 4.67 Å². The fraction of sp³-hybridized carbons (Fsp3) is 0.143. The predicted molar refractivity (Wildman–Crippen MR) is 43.3 cm³/mol. The Balaban J connectivity index is 3.03. The summed E-state index contributed by atoms with van der Waals surface area (Å²) < 4.78 is 15.2. The van der Waals surface area contributed by atoms with Crippen LogP contribution in [0.3, 0.4) is 0 Å². The zero-order valence-corrected chi connectivity index (χ0v) is 6.99. The zero-order chi connectivity index (χ0) is 8.32. The van der Waals surface area contributed by atoms with Crippen LogP contribution < -0.4 is 5.30 Å². The van der Waals surface area contributed by atoms with Crippen molar-refractivity contribution in [2.24, 2.45) is 0 Å². The topological polar surface area (TPSA) is 46.5 Å². The van der Waals surface area contributed by atoms with Gasteiger partial charge in [-0.05, 0) is 12.1 Å². The second-order valence-electron chi connectivity index (χ2n) is 2.26. The number of hydrogen-bond donors (Lipinski definition) is 1. The van der Waals surface area contributed by atoms with Crippen molar-refractivity contribution >= 4 is 12.7 Å². The quantitative estimate of drug-likeness (QED) is 0.419. The lowest BCUT2D eigenvalue weighted by molar-refractivity contribution is -0.132. The summed E-state index contributed by atoms with van der Waals surface area (Å²) in [6, 6.07) is 8.59. The van der Waals surface area contributed by atoms with E-state index in [0.717, 1.165) is 0 Å². The molecule has 1 aromatic carbocycles. The first-order valence-electron chi connectivity index (χ1n) is 3.13. The van der Waals surface area contributed by atoms with Crippen molar-refractivity contribution in [3.8, 4) is 0 Å². The molecule has 0 aliphatic carbocycles. The van der Waals surface area contributed by atoms with Crippen LogP contribution in [0.4, 0.5) is 0 Å². The largest absolute Gasteiger partial charge is 0.285 e. The molecule has 0 spiro atoms. The molecular weight excluding hydrogens is 163 g/mol. The Labute approximate surface area is 65.0 Å². The second kappa shape index (κ2) is 3.18. The SMILES string of the molecule is CP(=O)(OO)c1ccccc1. The van der Waals surface area contributed by atoms with E-state index in [1.54, 1.807) is 30.3 Å². The maximum Gasteiger partial charge on any atom is 0.260 e. The molecule has 0 aliphatic heterocycles. The zero-order valence-electron chi connectivity index (χ0n) is 6.10. The van der Waals surface area contributed by atoms with Crippen molar-refractivity contribution < 1.29 is 14.5 Å². The molecule has 0 radical (unpaired) electrons. The van der Waals surface area contributed by atoms with Crippen LogP contribution in [0.15, 0.2) is 30.3 Å². The Kier molecular flexibility index (Phi) is 2.45. The highest BCUT2D eigenvalue weighted by molar-refractivity contribution is 7.66. The van der Waals surface area contributed by atoms with Gasteiger partial charge in [0.05, 0.1) is 0 Å². The molecule has 1 unspecified atom stereocenters. The minimum absolute atomic E-state index is 0.516. The van der Waals surface area contributed by atoms with Gasteiger partial charge < -0.3 is 0 Å². The molecule has 0 saturated carbocycles. The summed E-state index contributed by atoms with van der Waals surface area (Å²) in [5.41, 5.74) is 0. The summed E-state index contributed by atoms with van der Waals surface area (Å²) in [7, 11) is -2.97. The second-order valence-corrected chi connectivity index (χ2v) is 4.63. The first kappa shape index (κ1) is 8.47. The van der Waals surface area contributed by atoms with Crippen LogP contribution >= 0.6 is 7.37 Å². The summed E-state index contributed by atoms with van der Waals surface area (Å²) in [6.45, 7) is 1.36. The molecule has 0 amide bonds. The molecule has 0 saturated heterocycles. The van der Waals surface area contributed by atoms with Gasteiger partial charge in [0.15, 0.2) is 0 Å². The van der Waals surface area contributed by atoms with Crippen molar-refractivity contribution in [1.82, 2.24) is 0 Å². The van der Waals surface area contributed by atoms with E-state index >= 15 is 0 Å². The standard InChI is InChI=1S/C7H9O3P/c1-11(9,10-8)7-5-3-2-4-6-7/h2-6,8H,1H3. The number of hydrogen-bond acceptors (Lipinski definition) is 3. The van der Waals surface area contributed by atoms with Crippen LogP contribution in [-0.4, -0.2) is 11.9 Å². The van der Waals surface area contributed by atoms with E-state index in [4.69, 9.17) is 5.26 Å². The van der Waals surface area contributed by atoms with Crippen LogP contribution in [0, 0.1) is 0 Å². The van der Waals surface area contributed by atoms with Crippen LogP contribution in [-0.2, 0) is 9.24 Å². The van der Waals surface area contributed by atoms with Crippen molar-refractivity contribution in [2.45, 2.75) is 0 Å². The minimum atomic E-state index is -2.97. The molecule has 4 heteroatoms. The van der Waals surface area contributed by atoms with Crippen LogP contribution in [0.25, 0.3) is 0 Å². The smallest absolute Gasteiger partial charge is 0.260 e. The third-order valence-electron chi connectivity index (χ3n) is 1.38. The van der Waals surface area contributed by atoms with Crippen molar-refractivity contribution in [2.75, 3.05) is 6.66 Å². The van der Waals surface area contributed by atoms with Gasteiger partial charge in [0.1, 0.15) is 0 Å². The molecule has 1 atom stereocenters. The summed E-state index contributed by atoms with van der Waals surface area (Å²) in [5, 5.41) is 8.80. The predicted octanol–water partition coefficient (Wildman–Crippen LogP) is 1.71. The van der Waals surface area contributed by atoms with Crippen molar-refractivity contribution in [3.63, 3.8) is 0 Å². The van der Waals surface area contributed by atoms with Gasteiger partial charge in [-0.3, -0.25) is 4.57 Å². The first-order valence-corrected chi connectivity index (χ1v) is 5.20. The van der Waals surface area contributed by atoms with E-state index in [0.29, 0.717) is 5.30 Å². The van der Waals surface area contributed by atoms with Gasteiger partial charge >= 0.3 is 0 Å². The Morgan fingerprint density at radius 1 is 1.36 bits per heavy atom. The van der Waals surface area contributed by atoms with Gasteiger partial charge in [-0.15, -0.1) is 0 Å². The molecule has 1 aromatic rings. The van der Waals surface area contributed by atoms with Gasteiger partial charge in [-0.1, -0.05) is 18.2 Å². The van der Waals surface area contributed by atoms with Crippen molar-refractivity contribution in [3.05, 3.63) is 30.3 Å². The molecule has 3 nitrogen and oxygen atoms in total. The Hall–Kier alpha value is -0.630. The molecule has 0 aliphatic rings. The fourth-order valence-corrected chi connectivity index (χ4v) is 1.55. The highest BCUT2D eigenvalue weighted by atomic mass is 31.2. The normalized spacial score (nSPS) is 15.8. The maximum atomic E-state index is 11.3. The molecule has 0 bridgehead atoms. The Bertz CT molecular complexity index is 270. The van der Waals surface area contributed by atoms with Crippen LogP contribution in [0.1, 0.15) is 0 Å². The average Bonchev–Trinajstić information content (AvgIpc) is 2.06. The van der Waals surface area contributed by atoms with E-state index in [9.17, 15) is 4.57 Å². The molecular formula is C7H9O3P. The molecule has 1 N–H and O–H groups in total. The number of benzene rings is 1. The summed E-state index contributed by atoms with van der Waals surface area (Å²) in [6.07, 6.45) is 0. The molecule has 11 heavy (non-hydrogen) atoms. The third kappa shape index (κ3) is 1.90. The maximum absolute atomic E-state index is 11.3. The first-order chi connectivity index (χ1) is 5.17. The Morgan fingerprint density at radius 3 is 2.36 bits per heavy atom. The lowest BCUT2D eigenvalue weighted by Gasteiger charge is -2.06. The molecule has 0 fully saturated rings. The lowest BCUT2D eigenvalue weighted by atomic mass is 10.4. The summed E-state index contributed by atoms with van der Waals surface area (Å²) >= 11 is 0. The van der Waals surface area contributed by atoms with Gasteiger partial charge in [0.2, 0.25) is 0 Å². The van der Waals surface area contributed by atoms with Gasteiger partial charge in [0, 0.05) is 12.0 Å². The van der Waals surface area contributed by atoms with E-state index < -0.39 is 7.37 Å². The third-order valence-corrected chi connectivity index (χ3v) is 2.93. The molecule has 60 valence electrons. The van der Waals surface area contributed by atoms with Crippen LogP contribution in [0.5, 0.6) is 0 Å². The monoisotopic (exact) mass is 172 g/mol. The minimum Gasteiger partial charge on any atom is -0.285 e. The fourth-order valence-electron chi connectivity index (χ4n) is 0.746. The van der Waals surface area contributed by atoms with Gasteiger partial charge in [-0.25, -0.2) is 5.26 Å². The molecule has 0 aromatic heterocycles. The highest BCUT2D eigenvalue weighted by Crippen LogP contribution is 2.39. The van der Waals surface area contributed by atoms with E-state index in [-0.39, 0.29) is 0 Å². The van der Waals surface area contributed by atoms with Crippen molar-refractivity contribution in [1.29, 1.82) is 0 Å². The average molecular weight is 172 g/mol. The molecule has 0 heterocycles. The van der Waals surface area contributed by atoms with E-state index in [1.165, 1.54) is 6.66 Å². The van der Waals surface area contributed by atoms with E-state index in [1.807, 2.05) is 0 Å². The molecule has 1 rings (SSSR count). The highest BCUT2D eigenvalue weighted by Gasteiger charge is 2.17. The Morgan fingerprint density at radius 2 is 1.91 bits per heavy atom. The number of rotatable bonds is 2.